The number of aliphatic carboxylic acids is 1. The third-order valence-corrected chi connectivity index (χ3v) is 4.72. The van der Waals surface area contributed by atoms with Gasteiger partial charge in [0.25, 0.3) is 0 Å². The van der Waals surface area contributed by atoms with Gasteiger partial charge in [-0.3, -0.25) is 9.59 Å². The summed E-state index contributed by atoms with van der Waals surface area (Å²) >= 11 is 0. The Morgan fingerprint density at radius 3 is 2.46 bits per heavy atom. The standard InChI is InChI=1S/C19H28N2O3/c1-20(12-13-21-10-6-3-7-11-21)18(22)15-17(19(23)24)14-16-8-4-2-5-9-16/h2,4-5,8-9,17H,3,6-7,10-15H2,1H3,(H,23,24). The number of likely N-dealkylation sites (tertiary alicyclic amines) is 1. The maximum atomic E-state index is 12.4. The number of amides is 1. The van der Waals surface area contributed by atoms with Gasteiger partial charge in [0.05, 0.1) is 5.92 Å². The summed E-state index contributed by atoms with van der Waals surface area (Å²) < 4.78 is 0. The molecule has 1 saturated heterocycles. The van der Waals surface area contributed by atoms with Crippen LogP contribution in [0.3, 0.4) is 0 Å². The van der Waals surface area contributed by atoms with Gasteiger partial charge in [0.2, 0.25) is 5.91 Å². The second kappa shape index (κ2) is 9.42. The van der Waals surface area contributed by atoms with Crippen molar-refractivity contribution in [3.63, 3.8) is 0 Å². The monoisotopic (exact) mass is 332 g/mol. The summed E-state index contributed by atoms with van der Waals surface area (Å²) in [6, 6.07) is 9.49. The molecule has 1 unspecified atom stereocenters. The number of piperidine rings is 1. The summed E-state index contributed by atoms with van der Waals surface area (Å²) in [7, 11) is 1.77. The molecule has 24 heavy (non-hydrogen) atoms. The van der Waals surface area contributed by atoms with Gasteiger partial charge in [0, 0.05) is 26.6 Å². The van der Waals surface area contributed by atoms with Crippen LogP contribution < -0.4 is 0 Å². The maximum Gasteiger partial charge on any atom is 0.307 e. The first kappa shape index (κ1) is 18.5. The number of benzene rings is 1. The van der Waals surface area contributed by atoms with Gasteiger partial charge in [0.15, 0.2) is 0 Å². The average molecular weight is 332 g/mol. The number of carboxylic acids is 1. The first-order chi connectivity index (χ1) is 11.6. The zero-order chi connectivity index (χ0) is 17.4. The van der Waals surface area contributed by atoms with Crippen molar-refractivity contribution in [3.8, 4) is 0 Å². The minimum Gasteiger partial charge on any atom is -0.481 e. The van der Waals surface area contributed by atoms with Gasteiger partial charge in [-0.25, -0.2) is 0 Å². The number of rotatable bonds is 8. The molecule has 1 heterocycles. The molecule has 2 rings (SSSR count). The predicted molar refractivity (Wildman–Crippen MR) is 93.8 cm³/mol. The van der Waals surface area contributed by atoms with Gasteiger partial charge >= 0.3 is 5.97 Å². The van der Waals surface area contributed by atoms with Crippen LogP contribution in [0.15, 0.2) is 30.3 Å². The zero-order valence-electron chi connectivity index (χ0n) is 14.5. The van der Waals surface area contributed by atoms with Crippen molar-refractivity contribution in [2.75, 3.05) is 33.2 Å². The average Bonchev–Trinajstić information content (AvgIpc) is 2.60. The summed E-state index contributed by atoms with van der Waals surface area (Å²) in [6.45, 7) is 3.75. The highest BCUT2D eigenvalue weighted by Crippen LogP contribution is 2.14. The molecular weight excluding hydrogens is 304 g/mol. The fourth-order valence-electron chi connectivity index (χ4n) is 3.11. The molecule has 0 aliphatic carbocycles. The fraction of sp³-hybridized carbons (Fsp3) is 0.579. The van der Waals surface area contributed by atoms with Crippen LogP contribution in [-0.2, 0) is 16.0 Å². The molecule has 1 N–H and O–H groups in total. The van der Waals surface area contributed by atoms with E-state index >= 15 is 0 Å². The quantitative estimate of drug-likeness (QED) is 0.793. The van der Waals surface area contributed by atoms with Crippen molar-refractivity contribution < 1.29 is 14.7 Å². The lowest BCUT2D eigenvalue weighted by Gasteiger charge is -2.28. The van der Waals surface area contributed by atoms with Gasteiger partial charge < -0.3 is 14.9 Å². The van der Waals surface area contributed by atoms with Gasteiger partial charge in [-0.15, -0.1) is 0 Å². The maximum absolute atomic E-state index is 12.4. The third-order valence-electron chi connectivity index (χ3n) is 4.72. The Balaban J connectivity index is 1.81. The SMILES string of the molecule is CN(CCN1CCCCC1)C(=O)CC(Cc1ccccc1)C(=O)O. The second-order valence-corrected chi connectivity index (χ2v) is 6.65. The molecule has 1 aromatic rings. The third kappa shape index (κ3) is 5.96. The molecular formula is C19H28N2O3. The predicted octanol–water partition coefficient (Wildman–Crippen LogP) is 2.26. The van der Waals surface area contributed by atoms with E-state index in [1.807, 2.05) is 30.3 Å². The van der Waals surface area contributed by atoms with Crippen molar-refractivity contribution in [2.24, 2.45) is 5.92 Å². The molecule has 1 aromatic carbocycles. The second-order valence-electron chi connectivity index (χ2n) is 6.65. The topological polar surface area (TPSA) is 60.9 Å². The highest BCUT2D eigenvalue weighted by molar-refractivity contribution is 5.82. The number of carbonyl (C=O) groups excluding carboxylic acids is 1. The zero-order valence-corrected chi connectivity index (χ0v) is 14.5. The molecule has 5 heteroatoms. The van der Waals surface area contributed by atoms with Crippen LogP contribution in [0.2, 0.25) is 0 Å². The molecule has 1 atom stereocenters. The van der Waals surface area contributed by atoms with E-state index in [1.54, 1.807) is 11.9 Å². The fourth-order valence-corrected chi connectivity index (χ4v) is 3.11. The largest absolute Gasteiger partial charge is 0.481 e. The summed E-state index contributed by atoms with van der Waals surface area (Å²) in [6.07, 6.45) is 4.21. The number of carbonyl (C=O) groups is 2. The van der Waals surface area contributed by atoms with E-state index in [0.717, 1.165) is 25.2 Å². The lowest BCUT2D eigenvalue weighted by Crippen LogP contribution is -2.39. The lowest BCUT2D eigenvalue weighted by molar-refractivity contribution is -0.145. The van der Waals surface area contributed by atoms with Crippen LogP contribution in [0.4, 0.5) is 0 Å². The van der Waals surface area contributed by atoms with Crippen LogP contribution in [0.25, 0.3) is 0 Å². The van der Waals surface area contributed by atoms with Crippen LogP contribution in [0.5, 0.6) is 0 Å². The van der Waals surface area contributed by atoms with Gasteiger partial charge in [-0.1, -0.05) is 36.8 Å². The number of nitrogens with zero attached hydrogens (tertiary/aromatic N) is 2. The molecule has 1 aliphatic heterocycles. The minimum absolute atomic E-state index is 0.0563. The molecule has 132 valence electrons. The highest BCUT2D eigenvalue weighted by atomic mass is 16.4. The van der Waals surface area contributed by atoms with E-state index in [2.05, 4.69) is 4.90 Å². The van der Waals surface area contributed by atoms with Crippen LogP contribution in [0, 0.1) is 5.92 Å². The van der Waals surface area contributed by atoms with E-state index in [4.69, 9.17) is 0 Å². The molecule has 0 radical (unpaired) electrons. The highest BCUT2D eigenvalue weighted by Gasteiger charge is 2.23. The number of carboxylic acid groups (broad SMARTS) is 1. The summed E-state index contributed by atoms with van der Waals surface area (Å²) in [4.78, 5) is 27.9. The summed E-state index contributed by atoms with van der Waals surface area (Å²) in [5, 5.41) is 9.42. The van der Waals surface area contributed by atoms with Crippen molar-refractivity contribution in [3.05, 3.63) is 35.9 Å². The summed E-state index contributed by atoms with van der Waals surface area (Å²) in [5.74, 6) is -1.66. The first-order valence-corrected chi connectivity index (χ1v) is 8.79. The summed E-state index contributed by atoms with van der Waals surface area (Å²) in [5.41, 5.74) is 0.952. The van der Waals surface area contributed by atoms with E-state index in [-0.39, 0.29) is 12.3 Å². The molecule has 0 aromatic heterocycles. The molecule has 0 spiro atoms. The molecule has 0 bridgehead atoms. The Kier molecular flexibility index (Phi) is 7.25. The Morgan fingerprint density at radius 2 is 1.83 bits per heavy atom. The Labute approximate surface area is 144 Å². The van der Waals surface area contributed by atoms with Crippen LogP contribution in [-0.4, -0.2) is 60.0 Å². The number of likely N-dealkylation sites (N-methyl/N-ethyl adjacent to an activating group) is 1. The minimum atomic E-state index is -0.906. The lowest BCUT2D eigenvalue weighted by atomic mass is 9.96. The Bertz CT molecular complexity index is 527. The Hall–Kier alpha value is -1.88. The molecule has 5 nitrogen and oxygen atoms in total. The molecule has 1 amide bonds. The molecule has 1 aliphatic rings. The van der Waals surface area contributed by atoms with E-state index < -0.39 is 11.9 Å². The van der Waals surface area contributed by atoms with Crippen molar-refractivity contribution in [1.29, 1.82) is 0 Å². The van der Waals surface area contributed by atoms with Gasteiger partial charge in [-0.05, 0) is 37.9 Å². The Morgan fingerprint density at radius 1 is 1.17 bits per heavy atom. The number of hydrogen-bond donors (Lipinski definition) is 1. The molecule has 0 saturated carbocycles. The van der Waals surface area contributed by atoms with Gasteiger partial charge in [-0.2, -0.15) is 0 Å². The van der Waals surface area contributed by atoms with Crippen LogP contribution in [0.1, 0.15) is 31.2 Å². The molecule has 1 fully saturated rings. The van der Waals surface area contributed by atoms with E-state index in [1.165, 1.54) is 19.3 Å². The van der Waals surface area contributed by atoms with E-state index in [9.17, 15) is 14.7 Å². The van der Waals surface area contributed by atoms with Crippen molar-refractivity contribution in [2.45, 2.75) is 32.1 Å². The normalized spacial score (nSPS) is 16.5. The van der Waals surface area contributed by atoms with Gasteiger partial charge in [0.1, 0.15) is 0 Å². The number of hydrogen-bond acceptors (Lipinski definition) is 3. The van der Waals surface area contributed by atoms with E-state index in [0.29, 0.717) is 13.0 Å². The van der Waals surface area contributed by atoms with Crippen LogP contribution >= 0.6 is 0 Å². The first-order valence-electron chi connectivity index (χ1n) is 8.79. The smallest absolute Gasteiger partial charge is 0.307 e. The van der Waals surface area contributed by atoms with Crippen molar-refractivity contribution in [1.82, 2.24) is 9.80 Å². The van der Waals surface area contributed by atoms with Crippen molar-refractivity contribution >= 4 is 11.9 Å².